The van der Waals surface area contributed by atoms with E-state index in [-0.39, 0.29) is 18.9 Å². The number of nitrogens with zero attached hydrogens (tertiary/aromatic N) is 6. The van der Waals surface area contributed by atoms with E-state index in [1.54, 1.807) is 19.5 Å². The number of halogens is 1. The van der Waals surface area contributed by atoms with E-state index in [0.29, 0.717) is 47.7 Å². The number of hydrogen-bond acceptors (Lipinski definition) is 8. The van der Waals surface area contributed by atoms with Gasteiger partial charge >= 0.3 is 0 Å². The Balaban J connectivity index is 1.30. The van der Waals surface area contributed by atoms with E-state index in [1.165, 1.54) is 0 Å². The topological polar surface area (TPSA) is 108 Å². The minimum Gasteiger partial charge on any atom is -0.495 e. The molecule has 1 amide bonds. The monoisotopic (exact) mass is 521 g/mol. The lowest BCUT2D eigenvalue weighted by Gasteiger charge is -2.34. The van der Waals surface area contributed by atoms with Gasteiger partial charge in [-0.2, -0.15) is 0 Å². The molecule has 0 atom stereocenters. The molecular weight excluding hydrogens is 494 g/mol. The molecule has 37 heavy (non-hydrogen) atoms. The van der Waals surface area contributed by atoms with E-state index in [4.69, 9.17) is 21.4 Å². The summed E-state index contributed by atoms with van der Waals surface area (Å²) in [5.74, 6) is 1.01. The van der Waals surface area contributed by atoms with Crippen molar-refractivity contribution in [2.45, 2.75) is 6.42 Å². The summed E-state index contributed by atoms with van der Waals surface area (Å²) < 4.78 is 7.51. The smallest absolute Gasteiger partial charge is 0.227 e. The third-order valence-electron chi connectivity index (χ3n) is 6.41. The number of aromatic nitrogens is 4. The number of anilines is 2. The van der Waals surface area contributed by atoms with E-state index in [0.717, 1.165) is 30.0 Å². The maximum Gasteiger partial charge on any atom is 0.227 e. The summed E-state index contributed by atoms with van der Waals surface area (Å²) in [6.07, 6.45) is 5.47. The number of aliphatic hydroxyl groups excluding tert-OH is 1. The zero-order chi connectivity index (χ0) is 25.8. The normalized spacial score (nSPS) is 14.2. The number of pyridine rings is 1. The van der Waals surface area contributed by atoms with Crippen molar-refractivity contribution >= 4 is 34.8 Å². The Hall–Kier alpha value is -3.73. The molecule has 1 aliphatic rings. The number of hydrogen-bond donors (Lipinski definition) is 2. The Kier molecular flexibility index (Phi) is 7.50. The Morgan fingerprint density at radius 3 is 2.76 bits per heavy atom. The average molecular weight is 522 g/mol. The number of rotatable bonds is 8. The number of amides is 1. The summed E-state index contributed by atoms with van der Waals surface area (Å²) >= 11 is 6.44. The maximum absolute atomic E-state index is 12.8. The van der Waals surface area contributed by atoms with E-state index in [9.17, 15) is 4.79 Å². The first-order chi connectivity index (χ1) is 18.1. The van der Waals surface area contributed by atoms with E-state index < -0.39 is 0 Å². The first-order valence-corrected chi connectivity index (χ1v) is 12.4. The summed E-state index contributed by atoms with van der Waals surface area (Å²) in [7, 11) is 1.58. The highest BCUT2D eigenvalue weighted by atomic mass is 35.5. The van der Waals surface area contributed by atoms with Crippen LogP contribution in [0, 0.1) is 0 Å². The van der Waals surface area contributed by atoms with Crippen molar-refractivity contribution in [1.29, 1.82) is 0 Å². The third kappa shape index (κ3) is 5.51. The summed E-state index contributed by atoms with van der Waals surface area (Å²) in [4.78, 5) is 30.3. The van der Waals surface area contributed by atoms with Gasteiger partial charge in [-0.15, -0.1) is 0 Å². The fraction of sp³-hybridized carbons (Fsp3) is 0.308. The molecule has 2 N–H and O–H groups in total. The second-order valence-corrected chi connectivity index (χ2v) is 9.15. The van der Waals surface area contributed by atoms with Crippen LogP contribution >= 0.6 is 11.6 Å². The molecule has 192 valence electrons. The highest BCUT2D eigenvalue weighted by Gasteiger charge is 2.21. The van der Waals surface area contributed by atoms with Crippen LogP contribution in [0.1, 0.15) is 5.56 Å². The van der Waals surface area contributed by atoms with Crippen LogP contribution in [-0.2, 0) is 11.2 Å². The zero-order valence-corrected chi connectivity index (χ0v) is 21.2. The van der Waals surface area contributed by atoms with Crippen LogP contribution in [0.25, 0.3) is 17.0 Å². The molecule has 10 nitrogen and oxygen atoms in total. The molecule has 4 aromatic rings. The Morgan fingerprint density at radius 1 is 1.14 bits per heavy atom. The number of carbonyl (C=O) groups excluding carboxylic acids is 1. The number of aliphatic hydroxyl groups is 1. The first-order valence-electron chi connectivity index (χ1n) is 12.1. The van der Waals surface area contributed by atoms with Gasteiger partial charge < -0.3 is 20.1 Å². The molecule has 1 aromatic carbocycles. The van der Waals surface area contributed by atoms with Gasteiger partial charge in [0.25, 0.3) is 0 Å². The van der Waals surface area contributed by atoms with Crippen molar-refractivity contribution in [3.63, 3.8) is 0 Å². The number of benzene rings is 1. The highest BCUT2D eigenvalue weighted by Crippen LogP contribution is 2.31. The molecule has 0 aliphatic carbocycles. The molecular formula is C26H28ClN7O3. The molecule has 4 heterocycles. The van der Waals surface area contributed by atoms with Crippen molar-refractivity contribution in [2.24, 2.45) is 0 Å². The molecule has 0 radical (unpaired) electrons. The Bertz CT molecular complexity index is 1400. The van der Waals surface area contributed by atoms with Gasteiger partial charge in [0, 0.05) is 38.9 Å². The lowest BCUT2D eigenvalue weighted by molar-refractivity contribution is -0.132. The van der Waals surface area contributed by atoms with Gasteiger partial charge in [0.15, 0.2) is 0 Å². The van der Waals surface area contributed by atoms with Crippen LogP contribution < -0.4 is 10.1 Å². The number of carbonyl (C=O) groups is 1. The van der Waals surface area contributed by atoms with E-state index in [2.05, 4.69) is 25.2 Å². The van der Waals surface area contributed by atoms with Crippen molar-refractivity contribution in [3.05, 3.63) is 65.6 Å². The standard InChI is InChI=1S/C26H28ClN7O3/c1-37-22-14-18(15-24(36)33-10-8-32(9-11-33)12-13-35)5-6-20(22)30-26-29-16-19(27)25(31-26)21-17-28-23-4-2-3-7-34(21)23/h2-7,14,16-17,35H,8-13,15H2,1H3,(H,29,30,31). The van der Waals surface area contributed by atoms with Gasteiger partial charge in [0.1, 0.15) is 17.1 Å². The number of imidazole rings is 1. The van der Waals surface area contributed by atoms with Gasteiger partial charge in [-0.25, -0.2) is 15.0 Å². The van der Waals surface area contributed by atoms with Crippen LogP contribution in [0.5, 0.6) is 5.75 Å². The minimum absolute atomic E-state index is 0.0742. The largest absolute Gasteiger partial charge is 0.495 e. The Morgan fingerprint density at radius 2 is 1.97 bits per heavy atom. The van der Waals surface area contributed by atoms with Crippen molar-refractivity contribution in [3.8, 4) is 17.1 Å². The number of piperazine rings is 1. The van der Waals surface area contributed by atoms with Gasteiger partial charge in [-0.3, -0.25) is 14.1 Å². The highest BCUT2D eigenvalue weighted by molar-refractivity contribution is 6.32. The van der Waals surface area contributed by atoms with Gasteiger partial charge in [0.05, 0.1) is 48.9 Å². The average Bonchev–Trinajstić information content (AvgIpc) is 3.35. The number of β-amino-alcohol motifs (C(OH)–C–C–N with tert-alkyl or cyclic N) is 1. The lowest BCUT2D eigenvalue weighted by Crippen LogP contribution is -2.49. The van der Waals surface area contributed by atoms with Crippen molar-refractivity contribution < 1.29 is 14.6 Å². The third-order valence-corrected chi connectivity index (χ3v) is 6.69. The molecule has 0 spiro atoms. The molecule has 1 saturated heterocycles. The fourth-order valence-electron chi connectivity index (χ4n) is 4.43. The minimum atomic E-state index is 0.0742. The number of nitrogens with one attached hydrogen (secondary N) is 1. The quantitative estimate of drug-likeness (QED) is 0.364. The lowest BCUT2D eigenvalue weighted by atomic mass is 10.1. The molecule has 0 unspecified atom stereocenters. The molecule has 3 aromatic heterocycles. The second kappa shape index (κ2) is 11.1. The van der Waals surface area contributed by atoms with Gasteiger partial charge in [0.2, 0.25) is 11.9 Å². The van der Waals surface area contributed by atoms with Crippen LogP contribution in [-0.4, -0.2) is 86.6 Å². The number of ether oxygens (including phenoxy) is 1. The van der Waals surface area contributed by atoms with E-state index in [1.807, 2.05) is 51.9 Å². The predicted octanol–water partition coefficient (Wildman–Crippen LogP) is 2.88. The molecule has 1 aliphatic heterocycles. The van der Waals surface area contributed by atoms with Crippen LogP contribution in [0.4, 0.5) is 11.6 Å². The molecule has 5 rings (SSSR count). The summed E-state index contributed by atoms with van der Waals surface area (Å²) in [5, 5.41) is 12.7. The second-order valence-electron chi connectivity index (χ2n) is 8.74. The SMILES string of the molecule is COc1cc(CC(=O)N2CCN(CCO)CC2)ccc1Nc1ncc(Cl)c(-c2cnc3ccccn23)n1. The molecule has 11 heteroatoms. The van der Waals surface area contributed by atoms with Crippen LogP contribution in [0.3, 0.4) is 0 Å². The maximum atomic E-state index is 12.8. The van der Waals surface area contributed by atoms with Gasteiger partial charge in [-0.1, -0.05) is 23.7 Å². The zero-order valence-electron chi connectivity index (χ0n) is 20.5. The van der Waals surface area contributed by atoms with Crippen LogP contribution in [0.15, 0.2) is 55.0 Å². The molecule has 0 bridgehead atoms. The summed E-state index contributed by atoms with van der Waals surface area (Å²) in [5.41, 5.74) is 3.62. The summed E-state index contributed by atoms with van der Waals surface area (Å²) in [6, 6.07) is 11.3. The van der Waals surface area contributed by atoms with Crippen molar-refractivity contribution in [1.82, 2.24) is 29.2 Å². The number of fused-ring (bicyclic) bond motifs is 1. The first kappa shape index (κ1) is 24.9. The summed E-state index contributed by atoms with van der Waals surface area (Å²) in [6.45, 7) is 3.66. The molecule has 0 saturated carbocycles. The Labute approximate surface area is 219 Å². The fourth-order valence-corrected chi connectivity index (χ4v) is 4.62. The van der Waals surface area contributed by atoms with Crippen LogP contribution in [0.2, 0.25) is 5.02 Å². The predicted molar refractivity (Wildman–Crippen MR) is 141 cm³/mol. The molecule has 1 fully saturated rings. The van der Waals surface area contributed by atoms with Crippen molar-refractivity contribution in [2.75, 3.05) is 51.8 Å². The number of methoxy groups -OCH3 is 1. The van der Waals surface area contributed by atoms with Gasteiger partial charge in [-0.05, 0) is 29.8 Å². The van der Waals surface area contributed by atoms with E-state index >= 15 is 0 Å².